The topological polar surface area (TPSA) is 24.5 Å². The van der Waals surface area contributed by atoms with Crippen LogP contribution < -0.4 is 10.1 Å². The summed E-state index contributed by atoms with van der Waals surface area (Å²) < 4.78 is 6.19. The van der Waals surface area contributed by atoms with Gasteiger partial charge in [0.05, 0.1) is 0 Å². The Labute approximate surface area is 122 Å². The predicted octanol–water partition coefficient (Wildman–Crippen LogP) is 2.58. The lowest BCUT2D eigenvalue weighted by Gasteiger charge is -2.29. The molecule has 0 spiro atoms. The summed E-state index contributed by atoms with van der Waals surface area (Å²) in [6.45, 7) is 8.65. The summed E-state index contributed by atoms with van der Waals surface area (Å²) in [6.07, 6.45) is 3.69. The molecule has 0 saturated carbocycles. The SMILES string of the molecule is CC(C)N1CCCC1COc1cccc2c1CNCC2. The van der Waals surface area contributed by atoms with Crippen LogP contribution in [0.5, 0.6) is 5.75 Å². The summed E-state index contributed by atoms with van der Waals surface area (Å²) in [5.41, 5.74) is 2.82. The molecule has 3 heteroatoms. The van der Waals surface area contributed by atoms with Gasteiger partial charge in [-0.1, -0.05) is 12.1 Å². The van der Waals surface area contributed by atoms with Crippen LogP contribution in [0.25, 0.3) is 0 Å². The molecule has 0 aromatic heterocycles. The van der Waals surface area contributed by atoms with Gasteiger partial charge in [-0.15, -0.1) is 0 Å². The zero-order valence-corrected chi connectivity index (χ0v) is 12.7. The minimum atomic E-state index is 0.586. The van der Waals surface area contributed by atoms with Crippen LogP contribution in [0.15, 0.2) is 18.2 Å². The number of hydrogen-bond acceptors (Lipinski definition) is 3. The van der Waals surface area contributed by atoms with Crippen molar-refractivity contribution in [1.82, 2.24) is 10.2 Å². The Morgan fingerprint density at radius 3 is 3.15 bits per heavy atom. The summed E-state index contributed by atoms with van der Waals surface area (Å²) >= 11 is 0. The van der Waals surface area contributed by atoms with E-state index in [0.717, 1.165) is 31.9 Å². The van der Waals surface area contributed by atoms with Crippen molar-refractivity contribution in [3.05, 3.63) is 29.3 Å². The number of hydrogen-bond donors (Lipinski definition) is 1. The first-order chi connectivity index (χ1) is 9.75. The van der Waals surface area contributed by atoms with Crippen molar-refractivity contribution in [3.8, 4) is 5.75 Å². The van der Waals surface area contributed by atoms with Crippen LogP contribution in [0.2, 0.25) is 0 Å². The van der Waals surface area contributed by atoms with Crippen LogP contribution in [0.3, 0.4) is 0 Å². The Morgan fingerprint density at radius 2 is 2.30 bits per heavy atom. The van der Waals surface area contributed by atoms with Gasteiger partial charge in [0, 0.05) is 24.2 Å². The third-order valence-corrected chi connectivity index (χ3v) is 4.62. The first kappa shape index (κ1) is 13.9. The Bertz CT molecular complexity index is 458. The maximum Gasteiger partial charge on any atom is 0.124 e. The number of benzene rings is 1. The summed E-state index contributed by atoms with van der Waals surface area (Å²) in [7, 11) is 0. The lowest BCUT2D eigenvalue weighted by molar-refractivity contribution is 0.143. The van der Waals surface area contributed by atoms with Crippen LogP contribution in [-0.4, -0.2) is 36.7 Å². The maximum absolute atomic E-state index is 6.19. The molecule has 110 valence electrons. The van der Waals surface area contributed by atoms with E-state index < -0.39 is 0 Å². The maximum atomic E-state index is 6.19. The fraction of sp³-hybridized carbons (Fsp3) is 0.647. The molecule has 0 radical (unpaired) electrons. The zero-order chi connectivity index (χ0) is 13.9. The van der Waals surface area contributed by atoms with Gasteiger partial charge in [-0.3, -0.25) is 4.90 Å². The largest absolute Gasteiger partial charge is 0.492 e. The molecule has 2 aliphatic heterocycles. The lowest BCUT2D eigenvalue weighted by Crippen LogP contribution is -2.39. The van der Waals surface area contributed by atoms with E-state index in [2.05, 4.69) is 42.3 Å². The summed E-state index contributed by atoms with van der Waals surface area (Å²) in [5.74, 6) is 1.09. The van der Waals surface area contributed by atoms with Crippen LogP contribution in [0.4, 0.5) is 0 Å². The summed E-state index contributed by atoms with van der Waals surface area (Å²) in [4.78, 5) is 2.58. The number of nitrogens with zero attached hydrogens (tertiary/aromatic N) is 1. The predicted molar refractivity (Wildman–Crippen MR) is 82.2 cm³/mol. The van der Waals surface area contributed by atoms with Crippen molar-refractivity contribution in [2.75, 3.05) is 19.7 Å². The average Bonchev–Trinajstić information content (AvgIpc) is 2.93. The first-order valence-corrected chi connectivity index (χ1v) is 7.95. The van der Waals surface area contributed by atoms with E-state index in [1.165, 1.54) is 30.5 Å². The minimum Gasteiger partial charge on any atom is -0.492 e. The number of nitrogens with one attached hydrogen (secondary N) is 1. The first-order valence-electron chi connectivity index (χ1n) is 7.95. The van der Waals surface area contributed by atoms with E-state index in [1.54, 1.807) is 0 Å². The van der Waals surface area contributed by atoms with Gasteiger partial charge in [0.1, 0.15) is 12.4 Å². The molecule has 1 fully saturated rings. The highest BCUT2D eigenvalue weighted by Gasteiger charge is 2.27. The highest BCUT2D eigenvalue weighted by molar-refractivity contribution is 5.41. The molecular weight excluding hydrogens is 248 g/mol. The molecule has 0 bridgehead atoms. The number of rotatable bonds is 4. The van der Waals surface area contributed by atoms with E-state index >= 15 is 0 Å². The molecule has 3 rings (SSSR count). The summed E-state index contributed by atoms with van der Waals surface area (Å²) in [5, 5.41) is 3.45. The van der Waals surface area contributed by atoms with Gasteiger partial charge in [-0.25, -0.2) is 0 Å². The molecular formula is C17H26N2O. The van der Waals surface area contributed by atoms with Crippen LogP contribution in [0, 0.1) is 0 Å². The highest BCUT2D eigenvalue weighted by Crippen LogP contribution is 2.27. The molecule has 1 N–H and O–H groups in total. The Hall–Kier alpha value is -1.06. The highest BCUT2D eigenvalue weighted by atomic mass is 16.5. The molecule has 2 aliphatic rings. The molecule has 1 aromatic carbocycles. The Kier molecular flexibility index (Phi) is 4.27. The zero-order valence-electron chi connectivity index (χ0n) is 12.7. The third kappa shape index (κ3) is 2.84. The quantitative estimate of drug-likeness (QED) is 0.913. The van der Waals surface area contributed by atoms with E-state index in [4.69, 9.17) is 4.74 Å². The molecule has 1 atom stereocenters. The second kappa shape index (κ2) is 6.15. The minimum absolute atomic E-state index is 0.586. The van der Waals surface area contributed by atoms with E-state index in [1.807, 2.05) is 0 Å². The van der Waals surface area contributed by atoms with Gasteiger partial charge in [-0.2, -0.15) is 0 Å². The molecule has 1 saturated heterocycles. The second-order valence-electron chi connectivity index (χ2n) is 6.26. The van der Waals surface area contributed by atoms with Gasteiger partial charge < -0.3 is 10.1 Å². The van der Waals surface area contributed by atoms with Gasteiger partial charge in [0.2, 0.25) is 0 Å². The van der Waals surface area contributed by atoms with E-state index in [-0.39, 0.29) is 0 Å². The Balaban J connectivity index is 1.67. The van der Waals surface area contributed by atoms with Crippen LogP contribution in [0.1, 0.15) is 37.8 Å². The molecule has 1 aromatic rings. The number of likely N-dealkylation sites (tertiary alicyclic amines) is 1. The molecule has 1 unspecified atom stereocenters. The van der Waals surface area contributed by atoms with Gasteiger partial charge in [-0.05, 0) is 57.8 Å². The smallest absolute Gasteiger partial charge is 0.124 e. The van der Waals surface area contributed by atoms with Gasteiger partial charge in [0.25, 0.3) is 0 Å². The van der Waals surface area contributed by atoms with Crippen molar-refractivity contribution in [1.29, 1.82) is 0 Å². The molecule has 0 amide bonds. The van der Waals surface area contributed by atoms with Crippen molar-refractivity contribution < 1.29 is 4.74 Å². The average molecular weight is 274 g/mol. The van der Waals surface area contributed by atoms with Crippen LogP contribution in [-0.2, 0) is 13.0 Å². The summed E-state index contributed by atoms with van der Waals surface area (Å²) in [6, 6.07) is 7.70. The van der Waals surface area contributed by atoms with E-state index in [9.17, 15) is 0 Å². The molecule has 3 nitrogen and oxygen atoms in total. The molecule has 2 heterocycles. The van der Waals surface area contributed by atoms with Crippen molar-refractivity contribution in [2.24, 2.45) is 0 Å². The van der Waals surface area contributed by atoms with Gasteiger partial charge >= 0.3 is 0 Å². The molecule has 0 aliphatic carbocycles. The number of ether oxygens (including phenoxy) is 1. The fourth-order valence-electron chi connectivity index (χ4n) is 3.52. The monoisotopic (exact) mass is 274 g/mol. The lowest BCUT2D eigenvalue weighted by atomic mass is 10.0. The van der Waals surface area contributed by atoms with Crippen molar-refractivity contribution in [2.45, 2.75) is 51.7 Å². The fourth-order valence-corrected chi connectivity index (χ4v) is 3.52. The Morgan fingerprint density at radius 1 is 1.40 bits per heavy atom. The number of fused-ring (bicyclic) bond motifs is 1. The molecule has 20 heavy (non-hydrogen) atoms. The van der Waals surface area contributed by atoms with Gasteiger partial charge in [0.15, 0.2) is 0 Å². The van der Waals surface area contributed by atoms with Crippen LogP contribution >= 0.6 is 0 Å². The standard InChI is InChI=1S/C17H26N2O/c1-13(2)19-10-4-6-15(19)12-20-17-7-3-5-14-8-9-18-11-16(14)17/h3,5,7,13,15,18H,4,6,8-12H2,1-2H3. The second-order valence-corrected chi connectivity index (χ2v) is 6.26. The van der Waals surface area contributed by atoms with E-state index in [0.29, 0.717) is 12.1 Å². The normalized spacial score (nSPS) is 23.1. The third-order valence-electron chi connectivity index (χ3n) is 4.62. The van der Waals surface area contributed by atoms with Crippen molar-refractivity contribution in [3.63, 3.8) is 0 Å². The van der Waals surface area contributed by atoms with Crippen molar-refractivity contribution >= 4 is 0 Å².